The molecular weight excluding hydrogens is 176 g/mol. The van der Waals surface area contributed by atoms with Gasteiger partial charge in [-0.15, -0.1) is 0 Å². The van der Waals surface area contributed by atoms with Gasteiger partial charge in [0.15, 0.2) is 0 Å². The summed E-state index contributed by atoms with van der Waals surface area (Å²) in [6.45, 7) is 5.68. The number of hydrogen-bond acceptors (Lipinski definition) is 3. The van der Waals surface area contributed by atoms with Crippen LogP contribution in [0.25, 0.3) is 0 Å². The minimum absolute atomic E-state index is 0.287. The average molecular weight is 200 g/mol. The topological polar surface area (TPSA) is 35.5 Å². The monoisotopic (exact) mass is 200 g/mol. The van der Waals surface area contributed by atoms with Crippen molar-refractivity contribution in [1.82, 2.24) is 10.2 Å². The first-order valence-electron chi connectivity index (χ1n) is 5.79. The molecular formula is C11H24N2O. The summed E-state index contributed by atoms with van der Waals surface area (Å²) < 4.78 is 0. The van der Waals surface area contributed by atoms with Gasteiger partial charge in [0.05, 0.1) is 0 Å². The average Bonchev–Trinajstić information content (AvgIpc) is 2.89. The van der Waals surface area contributed by atoms with Crippen molar-refractivity contribution in [2.45, 2.75) is 32.2 Å². The molecule has 0 amide bonds. The lowest BCUT2D eigenvalue weighted by Gasteiger charge is -2.24. The third kappa shape index (κ3) is 4.94. The molecule has 84 valence electrons. The molecule has 1 saturated carbocycles. The summed E-state index contributed by atoms with van der Waals surface area (Å²) in [5.74, 6) is 0.955. The maximum atomic E-state index is 8.91. The van der Waals surface area contributed by atoms with Crippen molar-refractivity contribution in [3.8, 4) is 0 Å². The minimum Gasteiger partial charge on any atom is -0.396 e. The van der Waals surface area contributed by atoms with Gasteiger partial charge in [-0.3, -0.25) is 0 Å². The standard InChI is InChI=1S/C11H24N2O/c1-3-12-11(6-7-14)9-13(2)8-10-4-5-10/h10-12,14H,3-9H2,1-2H3. The fourth-order valence-corrected chi connectivity index (χ4v) is 1.89. The van der Waals surface area contributed by atoms with Gasteiger partial charge in [0.25, 0.3) is 0 Å². The second kappa shape index (κ2) is 6.38. The van der Waals surface area contributed by atoms with Crippen molar-refractivity contribution in [2.24, 2.45) is 5.92 Å². The summed E-state index contributed by atoms with van der Waals surface area (Å²) in [5.41, 5.74) is 0. The van der Waals surface area contributed by atoms with Crippen LogP contribution in [0.4, 0.5) is 0 Å². The van der Waals surface area contributed by atoms with E-state index in [1.807, 2.05) is 0 Å². The number of likely N-dealkylation sites (N-methyl/N-ethyl adjacent to an activating group) is 2. The van der Waals surface area contributed by atoms with Gasteiger partial charge >= 0.3 is 0 Å². The molecule has 0 heterocycles. The van der Waals surface area contributed by atoms with Crippen LogP contribution in [0.2, 0.25) is 0 Å². The first-order chi connectivity index (χ1) is 6.76. The molecule has 1 aliphatic carbocycles. The third-order valence-corrected chi connectivity index (χ3v) is 2.77. The van der Waals surface area contributed by atoms with E-state index in [2.05, 4.69) is 24.2 Å². The van der Waals surface area contributed by atoms with Crippen LogP contribution >= 0.6 is 0 Å². The quantitative estimate of drug-likeness (QED) is 0.605. The van der Waals surface area contributed by atoms with E-state index in [1.165, 1.54) is 19.4 Å². The highest BCUT2D eigenvalue weighted by atomic mass is 16.3. The van der Waals surface area contributed by atoms with Gasteiger partial charge in [0.2, 0.25) is 0 Å². The summed E-state index contributed by atoms with van der Waals surface area (Å²) in [4.78, 5) is 2.39. The van der Waals surface area contributed by atoms with Gasteiger partial charge in [0.1, 0.15) is 0 Å². The molecule has 14 heavy (non-hydrogen) atoms. The van der Waals surface area contributed by atoms with Crippen LogP contribution in [0.1, 0.15) is 26.2 Å². The van der Waals surface area contributed by atoms with Crippen LogP contribution in [0.15, 0.2) is 0 Å². The molecule has 0 aromatic heterocycles. The number of rotatable bonds is 8. The molecule has 1 rings (SSSR count). The number of aliphatic hydroxyl groups is 1. The molecule has 0 aromatic rings. The van der Waals surface area contributed by atoms with Gasteiger partial charge in [-0.25, -0.2) is 0 Å². The van der Waals surface area contributed by atoms with E-state index in [4.69, 9.17) is 5.11 Å². The van der Waals surface area contributed by atoms with E-state index in [0.717, 1.165) is 25.4 Å². The Kier molecular flexibility index (Phi) is 5.45. The summed E-state index contributed by atoms with van der Waals surface area (Å²) in [5, 5.41) is 12.3. The molecule has 3 nitrogen and oxygen atoms in total. The van der Waals surface area contributed by atoms with Gasteiger partial charge in [-0.2, -0.15) is 0 Å². The number of nitrogens with zero attached hydrogens (tertiary/aromatic N) is 1. The molecule has 1 fully saturated rings. The van der Waals surface area contributed by atoms with E-state index in [0.29, 0.717) is 6.04 Å². The van der Waals surface area contributed by atoms with Crippen LogP contribution < -0.4 is 5.32 Å². The van der Waals surface area contributed by atoms with Gasteiger partial charge in [-0.05, 0) is 38.8 Å². The van der Waals surface area contributed by atoms with Crippen molar-refractivity contribution in [3.05, 3.63) is 0 Å². The molecule has 0 aromatic carbocycles. The Labute approximate surface area is 87.5 Å². The molecule has 0 aliphatic heterocycles. The third-order valence-electron chi connectivity index (χ3n) is 2.77. The highest BCUT2D eigenvalue weighted by Crippen LogP contribution is 2.29. The molecule has 0 saturated heterocycles. The van der Waals surface area contributed by atoms with E-state index >= 15 is 0 Å². The minimum atomic E-state index is 0.287. The van der Waals surface area contributed by atoms with Crippen molar-refractivity contribution in [1.29, 1.82) is 0 Å². The number of nitrogens with one attached hydrogen (secondary N) is 1. The lowest BCUT2D eigenvalue weighted by atomic mass is 10.2. The zero-order valence-electron chi connectivity index (χ0n) is 9.50. The predicted molar refractivity (Wildman–Crippen MR) is 59.4 cm³/mol. The Morgan fingerprint density at radius 1 is 1.50 bits per heavy atom. The Bertz CT molecular complexity index is 142. The van der Waals surface area contributed by atoms with Gasteiger partial charge in [-0.1, -0.05) is 6.92 Å². The largest absolute Gasteiger partial charge is 0.396 e. The van der Waals surface area contributed by atoms with Crippen LogP contribution in [-0.4, -0.2) is 49.3 Å². The zero-order chi connectivity index (χ0) is 10.4. The molecule has 0 bridgehead atoms. The number of hydrogen-bond donors (Lipinski definition) is 2. The van der Waals surface area contributed by atoms with Crippen LogP contribution in [-0.2, 0) is 0 Å². The summed E-state index contributed by atoms with van der Waals surface area (Å²) >= 11 is 0. The molecule has 0 radical (unpaired) electrons. The summed E-state index contributed by atoms with van der Waals surface area (Å²) in [7, 11) is 2.18. The van der Waals surface area contributed by atoms with E-state index in [-0.39, 0.29) is 6.61 Å². The lowest BCUT2D eigenvalue weighted by molar-refractivity contribution is 0.226. The highest BCUT2D eigenvalue weighted by molar-refractivity contribution is 4.78. The molecule has 2 N–H and O–H groups in total. The van der Waals surface area contributed by atoms with Crippen molar-refractivity contribution in [2.75, 3.05) is 33.3 Å². The molecule has 1 unspecified atom stereocenters. The first kappa shape index (κ1) is 12.0. The van der Waals surface area contributed by atoms with Crippen molar-refractivity contribution in [3.63, 3.8) is 0 Å². The van der Waals surface area contributed by atoms with Crippen LogP contribution in [0.3, 0.4) is 0 Å². The van der Waals surface area contributed by atoms with Crippen LogP contribution in [0, 0.1) is 5.92 Å². The Balaban J connectivity index is 2.14. The number of aliphatic hydroxyl groups excluding tert-OH is 1. The molecule has 1 atom stereocenters. The highest BCUT2D eigenvalue weighted by Gasteiger charge is 2.23. The fraction of sp³-hybridized carbons (Fsp3) is 1.00. The van der Waals surface area contributed by atoms with E-state index in [1.54, 1.807) is 0 Å². The van der Waals surface area contributed by atoms with Gasteiger partial charge < -0.3 is 15.3 Å². The summed E-state index contributed by atoms with van der Waals surface area (Å²) in [6.07, 6.45) is 3.69. The first-order valence-corrected chi connectivity index (χ1v) is 5.79. The Morgan fingerprint density at radius 3 is 2.71 bits per heavy atom. The predicted octanol–water partition coefficient (Wildman–Crippen LogP) is 0.689. The Hall–Kier alpha value is -0.120. The second-order valence-corrected chi connectivity index (χ2v) is 4.43. The fourth-order valence-electron chi connectivity index (χ4n) is 1.89. The van der Waals surface area contributed by atoms with Crippen molar-refractivity contribution >= 4 is 0 Å². The summed E-state index contributed by atoms with van der Waals surface area (Å²) in [6, 6.07) is 0.453. The smallest absolute Gasteiger partial charge is 0.0446 e. The molecule has 3 heteroatoms. The van der Waals surface area contributed by atoms with Crippen LogP contribution in [0.5, 0.6) is 0 Å². The normalized spacial score (nSPS) is 18.9. The lowest BCUT2D eigenvalue weighted by Crippen LogP contribution is -2.40. The van der Waals surface area contributed by atoms with Crippen molar-refractivity contribution < 1.29 is 5.11 Å². The maximum absolute atomic E-state index is 8.91. The zero-order valence-corrected chi connectivity index (χ0v) is 9.50. The van der Waals surface area contributed by atoms with E-state index < -0.39 is 0 Å². The molecule has 1 aliphatic rings. The second-order valence-electron chi connectivity index (χ2n) is 4.43. The Morgan fingerprint density at radius 2 is 2.21 bits per heavy atom. The van der Waals surface area contributed by atoms with E-state index in [9.17, 15) is 0 Å². The maximum Gasteiger partial charge on any atom is 0.0446 e. The molecule has 0 spiro atoms. The van der Waals surface area contributed by atoms with Gasteiger partial charge in [0, 0.05) is 25.7 Å². The SMILES string of the molecule is CCNC(CCO)CN(C)CC1CC1.